The number of piperidine rings is 1. The Balaban J connectivity index is 2.17. The number of carbonyl (C=O) groups excluding carboxylic acids is 1. The number of halogens is 4. The van der Waals surface area contributed by atoms with E-state index < -0.39 is 28.3 Å². The van der Waals surface area contributed by atoms with Gasteiger partial charge in [-0.3, -0.25) is 0 Å². The molecule has 0 aromatic heterocycles. The van der Waals surface area contributed by atoms with Crippen molar-refractivity contribution in [2.24, 2.45) is 5.92 Å². The van der Waals surface area contributed by atoms with Crippen LogP contribution in [-0.2, 0) is 10.9 Å². The van der Waals surface area contributed by atoms with Crippen molar-refractivity contribution >= 4 is 17.6 Å². The van der Waals surface area contributed by atoms with Gasteiger partial charge in [0.1, 0.15) is 5.60 Å². The fourth-order valence-electron chi connectivity index (χ4n) is 2.77. The predicted octanol–water partition coefficient (Wildman–Crippen LogP) is 4.29. The summed E-state index contributed by atoms with van der Waals surface area (Å²) in [6.45, 7) is 5.26. The molecular weight excluding hydrogens is 331 g/mol. The molecule has 0 amide bonds. The lowest BCUT2D eigenvalue weighted by Crippen LogP contribution is -2.42. The molecule has 1 aliphatic heterocycles. The maximum Gasteiger partial charge on any atom is 0.417 e. The number of esters is 1. The van der Waals surface area contributed by atoms with E-state index in [1.165, 1.54) is 6.07 Å². The molecule has 1 heterocycles. The normalized spacial score (nSPS) is 17.1. The van der Waals surface area contributed by atoms with E-state index in [1.54, 1.807) is 13.8 Å². The zero-order valence-corrected chi connectivity index (χ0v) is 13.7. The van der Waals surface area contributed by atoms with Gasteiger partial charge in [-0.05, 0) is 58.0 Å². The van der Waals surface area contributed by atoms with Crippen molar-refractivity contribution in [3.05, 3.63) is 34.3 Å². The minimum Gasteiger partial charge on any atom is -0.456 e. The van der Waals surface area contributed by atoms with Crippen molar-refractivity contribution in [1.29, 1.82) is 0 Å². The summed E-state index contributed by atoms with van der Waals surface area (Å²) in [7, 11) is 0. The van der Waals surface area contributed by atoms with Crippen LogP contribution in [0, 0.1) is 5.92 Å². The SMILES string of the molecule is CC(C)(OC(=O)c1ccc(Cl)c(C(F)(F)F)c1)C1CCNCC1. The highest BCUT2D eigenvalue weighted by Crippen LogP contribution is 2.36. The van der Waals surface area contributed by atoms with Crippen LogP contribution in [0.15, 0.2) is 18.2 Å². The van der Waals surface area contributed by atoms with E-state index in [4.69, 9.17) is 16.3 Å². The number of alkyl halides is 3. The number of carbonyl (C=O) groups is 1. The van der Waals surface area contributed by atoms with Crippen LogP contribution >= 0.6 is 11.6 Å². The Bertz CT molecular complexity index is 581. The van der Waals surface area contributed by atoms with Gasteiger partial charge in [-0.1, -0.05) is 11.6 Å². The molecule has 128 valence electrons. The lowest BCUT2D eigenvalue weighted by Gasteiger charge is -2.36. The van der Waals surface area contributed by atoms with E-state index >= 15 is 0 Å². The Morgan fingerprint density at radius 1 is 1.26 bits per heavy atom. The summed E-state index contributed by atoms with van der Waals surface area (Å²) >= 11 is 5.56. The van der Waals surface area contributed by atoms with Crippen LogP contribution in [0.2, 0.25) is 5.02 Å². The third-order valence-corrected chi connectivity index (χ3v) is 4.52. The minimum absolute atomic E-state index is 0.149. The molecule has 1 fully saturated rings. The second-order valence-electron chi connectivity index (χ2n) is 6.21. The zero-order valence-electron chi connectivity index (χ0n) is 13.0. The highest BCUT2D eigenvalue weighted by molar-refractivity contribution is 6.31. The quantitative estimate of drug-likeness (QED) is 0.827. The van der Waals surface area contributed by atoms with Gasteiger partial charge in [-0.2, -0.15) is 13.2 Å². The summed E-state index contributed by atoms with van der Waals surface area (Å²) in [6, 6.07) is 3.06. The molecule has 1 N–H and O–H groups in total. The van der Waals surface area contributed by atoms with Gasteiger partial charge in [0, 0.05) is 5.92 Å². The third kappa shape index (κ3) is 4.38. The molecule has 0 spiro atoms. The maximum absolute atomic E-state index is 12.9. The van der Waals surface area contributed by atoms with E-state index in [1.807, 2.05) is 0 Å². The Morgan fingerprint density at radius 3 is 2.43 bits per heavy atom. The molecule has 2 rings (SSSR count). The molecule has 0 unspecified atom stereocenters. The average Bonchev–Trinajstić information content (AvgIpc) is 2.47. The lowest BCUT2D eigenvalue weighted by atomic mass is 9.83. The monoisotopic (exact) mass is 349 g/mol. The number of nitrogens with one attached hydrogen (secondary N) is 1. The van der Waals surface area contributed by atoms with Crippen LogP contribution in [0.25, 0.3) is 0 Å². The first-order valence-corrected chi connectivity index (χ1v) is 7.80. The molecule has 1 aromatic rings. The van der Waals surface area contributed by atoms with Gasteiger partial charge < -0.3 is 10.1 Å². The van der Waals surface area contributed by atoms with E-state index in [0.717, 1.165) is 38.1 Å². The van der Waals surface area contributed by atoms with E-state index in [0.29, 0.717) is 0 Å². The lowest BCUT2D eigenvalue weighted by molar-refractivity contribution is -0.137. The maximum atomic E-state index is 12.9. The van der Waals surface area contributed by atoms with Gasteiger partial charge in [0.05, 0.1) is 16.1 Å². The van der Waals surface area contributed by atoms with Crippen LogP contribution in [0.1, 0.15) is 42.6 Å². The number of hydrogen-bond acceptors (Lipinski definition) is 3. The Kier molecular flexibility index (Phi) is 5.26. The molecular formula is C16H19ClF3NO2. The first-order valence-electron chi connectivity index (χ1n) is 7.42. The van der Waals surface area contributed by atoms with E-state index in [2.05, 4.69) is 5.32 Å². The first-order chi connectivity index (χ1) is 10.6. The highest BCUT2D eigenvalue weighted by Gasteiger charge is 2.36. The van der Waals surface area contributed by atoms with Crippen LogP contribution in [0.4, 0.5) is 13.2 Å². The molecule has 7 heteroatoms. The summed E-state index contributed by atoms with van der Waals surface area (Å²) in [5, 5.41) is 2.78. The number of benzene rings is 1. The van der Waals surface area contributed by atoms with Crippen molar-refractivity contribution in [3.8, 4) is 0 Å². The van der Waals surface area contributed by atoms with Crippen molar-refractivity contribution in [1.82, 2.24) is 5.32 Å². The second-order valence-corrected chi connectivity index (χ2v) is 6.62. The summed E-state index contributed by atoms with van der Waals surface area (Å²) in [5.74, 6) is -0.599. The predicted molar refractivity (Wildman–Crippen MR) is 81.5 cm³/mol. The summed E-state index contributed by atoms with van der Waals surface area (Å²) in [5.41, 5.74) is -1.92. The number of rotatable bonds is 3. The Labute approximate surface area is 138 Å². The van der Waals surface area contributed by atoms with E-state index in [9.17, 15) is 18.0 Å². The molecule has 1 aromatic carbocycles. The Hall–Kier alpha value is -1.27. The summed E-state index contributed by atoms with van der Waals surface area (Å²) < 4.78 is 44.1. The summed E-state index contributed by atoms with van der Waals surface area (Å²) in [6.07, 6.45) is -2.90. The fourth-order valence-corrected chi connectivity index (χ4v) is 2.99. The zero-order chi connectivity index (χ0) is 17.3. The number of ether oxygens (including phenoxy) is 1. The second kappa shape index (κ2) is 6.69. The van der Waals surface area contributed by atoms with Gasteiger partial charge in [-0.15, -0.1) is 0 Å². The molecule has 0 saturated carbocycles. The third-order valence-electron chi connectivity index (χ3n) is 4.19. The minimum atomic E-state index is -4.61. The van der Waals surface area contributed by atoms with Gasteiger partial charge in [0.25, 0.3) is 0 Å². The fraction of sp³-hybridized carbons (Fsp3) is 0.562. The summed E-state index contributed by atoms with van der Waals surface area (Å²) in [4.78, 5) is 12.2. The molecule has 0 atom stereocenters. The smallest absolute Gasteiger partial charge is 0.417 e. The van der Waals surface area contributed by atoms with Gasteiger partial charge >= 0.3 is 12.1 Å². The van der Waals surface area contributed by atoms with Crippen LogP contribution in [0.3, 0.4) is 0 Å². The van der Waals surface area contributed by atoms with Crippen molar-refractivity contribution in [2.75, 3.05) is 13.1 Å². The van der Waals surface area contributed by atoms with Crippen LogP contribution in [0.5, 0.6) is 0 Å². The molecule has 0 aliphatic carbocycles. The van der Waals surface area contributed by atoms with Gasteiger partial charge in [-0.25, -0.2) is 4.79 Å². The van der Waals surface area contributed by atoms with Crippen LogP contribution < -0.4 is 5.32 Å². The molecule has 1 saturated heterocycles. The largest absolute Gasteiger partial charge is 0.456 e. The molecule has 3 nitrogen and oxygen atoms in total. The highest BCUT2D eigenvalue weighted by atomic mass is 35.5. The van der Waals surface area contributed by atoms with Crippen LogP contribution in [-0.4, -0.2) is 24.7 Å². The number of hydrogen-bond donors (Lipinski definition) is 1. The topological polar surface area (TPSA) is 38.3 Å². The van der Waals surface area contributed by atoms with Crippen molar-refractivity contribution in [3.63, 3.8) is 0 Å². The Morgan fingerprint density at radius 2 is 1.87 bits per heavy atom. The molecule has 0 bridgehead atoms. The van der Waals surface area contributed by atoms with Gasteiger partial charge in [0.2, 0.25) is 0 Å². The molecule has 23 heavy (non-hydrogen) atoms. The first kappa shape index (κ1) is 18.1. The van der Waals surface area contributed by atoms with Crippen molar-refractivity contribution in [2.45, 2.75) is 38.5 Å². The average molecular weight is 350 g/mol. The van der Waals surface area contributed by atoms with Gasteiger partial charge in [0.15, 0.2) is 0 Å². The van der Waals surface area contributed by atoms with E-state index in [-0.39, 0.29) is 11.5 Å². The molecule has 0 radical (unpaired) electrons. The molecule has 1 aliphatic rings. The standard InChI is InChI=1S/C16H19ClF3NO2/c1-15(2,11-5-7-21-8-6-11)23-14(22)10-3-4-13(17)12(9-10)16(18,19)20/h3-4,9,11,21H,5-8H2,1-2H3. The van der Waals surface area contributed by atoms with Crippen molar-refractivity contribution < 1.29 is 22.7 Å².